The molecule has 1 heterocycles. The molecule has 0 spiro atoms. The van der Waals surface area contributed by atoms with Crippen LogP contribution in [0.5, 0.6) is 11.5 Å². The predicted molar refractivity (Wildman–Crippen MR) is 118 cm³/mol. The van der Waals surface area contributed by atoms with E-state index in [2.05, 4.69) is 21.6 Å². The molecule has 3 N–H and O–H groups in total. The average Bonchev–Trinajstić information content (AvgIpc) is 3.20. The molecule has 0 bridgehead atoms. The van der Waals surface area contributed by atoms with E-state index in [0.717, 1.165) is 33.1 Å². The highest BCUT2D eigenvalue weighted by molar-refractivity contribution is 7.18. The first-order valence-electron chi connectivity index (χ1n) is 8.96. The number of nitrogen functional groups attached to an aromatic ring is 1. The van der Waals surface area contributed by atoms with Crippen molar-refractivity contribution >= 4 is 27.8 Å². The van der Waals surface area contributed by atoms with Crippen molar-refractivity contribution in [1.82, 2.24) is 10.2 Å². The molecular weight excluding hydrogens is 384 g/mol. The molecule has 4 aromatic rings. The quantitative estimate of drug-likeness (QED) is 0.459. The third kappa shape index (κ3) is 4.00. The minimum Gasteiger partial charge on any atom is -0.493 e. The van der Waals surface area contributed by atoms with Gasteiger partial charge >= 0.3 is 0 Å². The van der Waals surface area contributed by atoms with Gasteiger partial charge in [-0.2, -0.15) is 0 Å². The van der Waals surface area contributed by atoms with Gasteiger partial charge in [0.05, 0.1) is 14.2 Å². The Morgan fingerprint density at radius 1 is 0.828 bits per heavy atom. The lowest BCUT2D eigenvalue weighted by molar-refractivity contribution is 0.355. The van der Waals surface area contributed by atoms with Gasteiger partial charge in [-0.3, -0.25) is 0 Å². The molecule has 0 aliphatic rings. The van der Waals surface area contributed by atoms with Crippen molar-refractivity contribution in [3.63, 3.8) is 0 Å². The lowest BCUT2D eigenvalue weighted by Gasteiger charge is -2.14. The van der Waals surface area contributed by atoms with Crippen LogP contribution in [0.2, 0.25) is 0 Å². The Morgan fingerprint density at radius 2 is 1.55 bits per heavy atom. The van der Waals surface area contributed by atoms with Gasteiger partial charge in [0.15, 0.2) is 11.5 Å². The number of ether oxygens (including phenoxy) is 2. The Balaban J connectivity index is 1.62. The second kappa shape index (κ2) is 8.20. The number of rotatable bonds is 6. The molecule has 0 amide bonds. The number of hydrogen-bond donors (Lipinski definition) is 2. The Labute approximate surface area is 172 Å². The van der Waals surface area contributed by atoms with E-state index in [0.29, 0.717) is 16.6 Å². The van der Waals surface area contributed by atoms with Gasteiger partial charge in [-0.25, -0.2) is 0 Å². The van der Waals surface area contributed by atoms with Crippen molar-refractivity contribution in [2.45, 2.75) is 0 Å². The Bertz CT molecular complexity index is 1130. The van der Waals surface area contributed by atoms with Crippen molar-refractivity contribution in [2.24, 2.45) is 0 Å². The number of aromatic nitrogens is 2. The van der Waals surface area contributed by atoms with Crippen LogP contribution in [0.1, 0.15) is 0 Å². The molecule has 29 heavy (non-hydrogen) atoms. The van der Waals surface area contributed by atoms with Gasteiger partial charge in [-0.05, 0) is 48.0 Å². The van der Waals surface area contributed by atoms with Gasteiger partial charge in [-0.15, -0.1) is 10.2 Å². The van der Waals surface area contributed by atoms with Gasteiger partial charge in [0, 0.05) is 22.5 Å². The number of nitrogens with zero attached hydrogens (tertiary/aromatic N) is 2. The summed E-state index contributed by atoms with van der Waals surface area (Å²) in [5, 5.41) is 12.7. The van der Waals surface area contributed by atoms with Gasteiger partial charge in [0.25, 0.3) is 0 Å². The van der Waals surface area contributed by atoms with Crippen LogP contribution in [0.4, 0.5) is 16.5 Å². The second-order valence-corrected chi connectivity index (χ2v) is 7.27. The van der Waals surface area contributed by atoms with Crippen LogP contribution in [-0.2, 0) is 0 Å². The molecule has 3 aromatic carbocycles. The van der Waals surface area contributed by atoms with Crippen LogP contribution in [0.3, 0.4) is 0 Å². The average molecular weight is 404 g/mol. The highest BCUT2D eigenvalue weighted by atomic mass is 32.1. The normalized spacial score (nSPS) is 10.6. The first kappa shape index (κ1) is 18.8. The van der Waals surface area contributed by atoms with Crippen molar-refractivity contribution in [3.8, 4) is 33.2 Å². The molecule has 4 rings (SSSR count). The first-order chi connectivity index (χ1) is 14.2. The molecule has 0 unspecified atom stereocenters. The molecule has 6 nitrogen and oxygen atoms in total. The molecule has 146 valence electrons. The van der Waals surface area contributed by atoms with Crippen LogP contribution in [0, 0.1) is 0 Å². The number of nitrogens with one attached hydrogen (secondary N) is 1. The zero-order valence-corrected chi connectivity index (χ0v) is 16.9. The summed E-state index contributed by atoms with van der Waals surface area (Å²) in [6.45, 7) is 0. The van der Waals surface area contributed by atoms with Crippen LogP contribution < -0.4 is 20.5 Å². The number of methoxy groups -OCH3 is 2. The van der Waals surface area contributed by atoms with E-state index in [1.165, 1.54) is 11.3 Å². The van der Waals surface area contributed by atoms with Gasteiger partial charge < -0.3 is 20.5 Å². The predicted octanol–water partition coefficient (Wildman–Crippen LogP) is 5.22. The molecule has 0 aliphatic carbocycles. The Kier molecular flexibility index (Phi) is 5.31. The zero-order chi connectivity index (χ0) is 20.2. The highest BCUT2D eigenvalue weighted by Gasteiger charge is 2.10. The number of para-hydroxylation sites is 1. The zero-order valence-electron chi connectivity index (χ0n) is 16.0. The lowest BCUT2D eigenvalue weighted by Crippen LogP contribution is -1.95. The largest absolute Gasteiger partial charge is 0.493 e. The summed E-state index contributed by atoms with van der Waals surface area (Å²) in [5.41, 5.74) is 10.7. The minimum atomic E-state index is 0.464. The topological polar surface area (TPSA) is 82.3 Å². The van der Waals surface area contributed by atoms with Crippen LogP contribution in [0.15, 0.2) is 66.7 Å². The van der Waals surface area contributed by atoms with Crippen molar-refractivity contribution < 1.29 is 9.47 Å². The maximum Gasteiger partial charge on any atom is 0.203 e. The van der Waals surface area contributed by atoms with Crippen molar-refractivity contribution in [1.29, 1.82) is 0 Å². The molecule has 0 atom stereocenters. The van der Waals surface area contributed by atoms with Gasteiger partial charge in [0.2, 0.25) is 5.13 Å². The monoisotopic (exact) mass is 404 g/mol. The summed E-state index contributed by atoms with van der Waals surface area (Å²) in [6.07, 6.45) is 0. The fourth-order valence-corrected chi connectivity index (χ4v) is 3.67. The molecule has 0 radical (unpaired) electrons. The molecule has 0 saturated heterocycles. The number of hydrogen-bond acceptors (Lipinski definition) is 7. The fraction of sp³-hybridized carbons (Fsp3) is 0.0909. The van der Waals surface area contributed by atoms with E-state index in [9.17, 15) is 0 Å². The van der Waals surface area contributed by atoms with E-state index in [1.54, 1.807) is 14.2 Å². The fourth-order valence-electron chi connectivity index (χ4n) is 3.05. The van der Waals surface area contributed by atoms with E-state index >= 15 is 0 Å². The van der Waals surface area contributed by atoms with E-state index < -0.39 is 0 Å². The summed E-state index contributed by atoms with van der Waals surface area (Å²) in [7, 11) is 3.27. The SMILES string of the molecule is COc1ccc(-c2ccccc2Nc2ccc(-c3nnc(N)s3)cc2)cc1OC. The Morgan fingerprint density at radius 3 is 2.24 bits per heavy atom. The standard InChI is InChI=1S/C22H20N4O2S/c1-27-19-12-9-15(13-20(19)28-2)17-5-3-4-6-18(17)24-16-10-7-14(8-11-16)21-25-26-22(23)29-21/h3-13,24H,1-2H3,(H2,23,26). The highest BCUT2D eigenvalue weighted by Crippen LogP contribution is 2.36. The first-order valence-corrected chi connectivity index (χ1v) is 9.77. The molecular formula is C22H20N4O2S. The van der Waals surface area contributed by atoms with Crippen LogP contribution >= 0.6 is 11.3 Å². The second-order valence-electron chi connectivity index (χ2n) is 6.26. The van der Waals surface area contributed by atoms with Crippen molar-refractivity contribution in [3.05, 3.63) is 66.7 Å². The van der Waals surface area contributed by atoms with Crippen LogP contribution in [0.25, 0.3) is 21.7 Å². The molecule has 7 heteroatoms. The molecule has 0 aliphatic heterocycles. The summed E-state index contributed by atoms with van der Waals surface area (Å²) in [5.74, 6) is 1.40. The summed E-state index contributed by atoms with van der Waals surface area (Å²) < 4.78 is 10.8. The third-order valence-electron chi connectivity index (χ3n) is 4.47. The summed E-state index contributed by atoms with van der Waals surface area (Å²) in [6, 6.07) is 22.1. The van der Waals surface area contributed by atoms with Gasteiger partial charge in [0.1, 0.15) is 5.01 Å². The minimum absolute atomic E-state index is 0.464. The third-order valence-corrected chi connectivity index (χ3v) is 5.27. The summed E-state index contributed by atoms with van der Waals surface area (Å²) in [4.78, 5) is 0. The number of benzene rings is 3. The maximum atomic E-state index is 5.67. The van der Waals surface area contributed by atoms with E-state index in [4.69, 9.17) is 15.2 Å². The lowest BCUT2D eigenvalue weighted by atomic mass is 10.0. The van der Waals surface area contributed by atoms with Gasteiger partial charge in [-0.1, -0.05) is 35.6 Å². The smallest absolute Gasteiger partial charge is 0.203 e. The van der Waals surface area contributed by atoms with E-state index in [1.807, 2.05) is 60.7 Å². The number of anilines is 3. The Hall–Kier alpha value is -3.58. The van der Waals surface area contributed by atoms with E-state index in [-0.39, 0.29) is 0 Å². The molecule has 1 aromatic heterocycles. The summed E-state index contributed by atoms with van der Waals surface area (Å²) >= 11 is 1.37. The van der Waals surface area contributed by atoms with Crippen LogP contribution in [-0.4, -0.2) is 24.4 Å². The molecule has 0 fully saturated rings. The maximum absolute atomic E-state index is 5.67. The van der Waals surface area contributed by atoms with Crippen molar-refractivity contribution in [2.75, 3.05) is 25.3 Å². The number of nitrogens with two attached hydrogens (primary N) is 1. The molecule has 0 saturated carbocycles.